The third-order valence-electron chi connectivity index (χ3n) is 5.24. The summed E-state index contributed by atoms with van der Waals surface area (Å²) in [7, 11) is 0. The highest BCUT2D eigenvalue weighted by Crippen LogP contribution is 2.25. The van der Waals surface area contributed by atoms with E-state index in [0.29, 0.717) is 6.04 Å². The molecule has 0 amide bonds. The van der Waals surface area contributed by atoms with Crippen LogP contribution in [0.15, 0.2) is 35.3 Å². The van der Waals surface area contributed by atoms with Crippen LogP contribution in [0.3, 0.4) is 0 Å². The van der Waals surface area contributed by atoms with Crippen LogP contribution in [0, 0.1) is 13.8 Å². The molecule has 1 aromatic heterocycles. The number of guanidine groups is 1. The van der Waals surface area contributed by atoms with Gasteiger partial charge in [-0.25, -0.2) is 4.98 Å². The molecule has 0 bridgehead atoms. The molecule has 1 atom stereocenters. The Morgan fingerprint density at radius 1 is 1.18 bits per heavy atom. The van der Waals surface area contributed by atoms with Crippen LogP contribution in [-0.2, 0) is 6.42 Å². The Morgan fingerprint density at radius 3 is 2.57 bits per heavy atom. The van der Waals surface area contributed by atoms with Crippen LogP contribution < -0.4 is 10.6 Å². The van der Waals surface area contributed by atoms with Gasteiger partial charge in [-0.05, 0) is 52.3 Å². The first-order valence-corrected chi connectivity index (χ1v) is 11.2. The van der Waals surface area contributed by atoms with Crippen molar-refractivity contribution in [2.75, 3.05) is 32.7 Å². The van der Waals surface area contributed by atoms with E-state index in [0.717, 1.165) is 37.7 Å². The lowest BCUT2D eigenvalue weighted by Crippen LogP contribution is -2.39. The maximum absolute atomic E-state index is 4.92. The van der Waals surface area contributed by atoms with E-state index in [1.54, 1.807) is 11.3 Å². The Bertz CT molecular complexity index is 730. The van der Waals surface area contributed by atoms with Gasteiger partial charge in [0.05, 0.1) is 23.3 Å². The number of rotatable bonds is 8. The Morgan fingerprint density at radius 2 is 1.93 bits per heavy atom. The van der Waals surface area contributed by atoms with E-state index in [1.807, 2.05) is 0 Å². The zero-order chi connectivity index (χ0) is 19.8. The van der Waals surface area contributed by atoms with Crippen LogP contribution in [0.5, 0.6) is 0 Å². The number of aryl methyl sites for hydroxylation is 2. The van der Waals surface area contributed by atoms with Crippen LogP contribution in [0.1, 0.15) is 46.9 Å². The molecule has 0 aliphatic carbocycles. The van der Waals surface area contributed by atoms with Crippen molar-refractivity contribution in [3.63, 3.8) is 0 Å². The molecule has 3 rings (SSSR count). The summed E-state index contributed by atoms with van der Waals surface area (Å²) >= 11 is 1.79. The molecular formula is C22H33N5S. The van der Waals surface area contributed by atoms with E-state index >= 15 is 0 Å². The molecule has 1 unspecified atom stereocenters. The van der Waals surface area contributed by atoms with Crippen molar-refractivity contribution >= 4 is 17.3 Å². The molecule has 1 aliphatic rings. The second-order valence-corrected chi connectivity index (χ2v) is 8.60. The number of aromatic nitrogens is 1. The van der Waals surface area contributed by atoms with Crippen molar-refractivity contribution < 1.29 is 0 Å². The molecule has 28 heavy (non-hydrogen) atoms. The van der Waals surface area contributed by atoms with Gasteiger partial charge < -0.3 is 10.6 Å². The topological polar surface area (TPSA) is 52.6 Å². The number of hydrogen-bond acceptors (Lipinski definition) is 4. The number of nitrogens with zero attached hydrogens (tertiary/aromatic N) is 3. The fraction of sp³-hybridized carbons (Fsp3) is 0.545. The van der Waals surface area contributed by atoms with Gasteiger partial charge in [0.2, 0.25) is 0 Å². The first-order valence-electron chi connectivity index (χ1n) is 10.4. The van der Waals surface area contributed by atoms with Gasteiger partial charge in [-0.2, -0.15) is 0 Å². The van der Waals surface area contributed by atoms with E-state index in [-0.39, 0.29) is 0 Å². The van der Waals surface area contributed by atoms with Gasteiger partial charge in [0.1, 0.15) is 0 Å². The highest BCUT2D eigenvalue weighted by atomic mass is 32.1. The van der Waals surface area contributed by atoms with Crippen LogP contribution in [-0.4, -0.2) is 48.6 Å². The maximum Gasteiger partial charge on any atom is 0.191 e. The zero-order valence-electron chi connectivity index (χ0n) is 17.4. The summed E-state index contributed by atoms with van der Waals surface area (Å²) in [5, 5.41) is 8.06. The van der Waals surface area contributed by atoms with Crippen LogP contribution in [0.25, 0.3) is 0 Å². The molecule has 0 radical (unpaired) electrons. The highest BCUT2D eigenvalue weighted by Gasteiger charge is 2.23. The predicted octanol–water partition coefficient (Wildman–Crippen LogP) is 3.69. The molecule has 2 heterocycles. The van der Waals surface area contributed by atoms with Crippen LogP contribution in [0.2, 0.25) is 0 Å². The number of hydrogen-bond donors (Lipinski definition) is 2. The fourth-order valence-corrected chi connectivity index (χ4v) is 4.55. The first-order chi connectivity index (χ1) is 13.7. The molecule has 1 aromatic carbocycles. The summed E-state index contributed by atoms with van der Waals surface area (Å²) in [5.74, 6) is 0.896. The molecule has 6 heteroatoms. The average Bonchev–Trinajstić information content (AvgIpc) is 3.33. The number of thiazole rings is 1. The maximum atomic E-state index is 4.92. The third kappa shape index (κ3) is 5.79. The molecule has 1 aliphatic heterocycles. The van der Waals surface area contributed by atoms with Crippen molar-refractivity contribution in [1.29, 1.82) is 0 Å². The zero-order valence-corrected chi connectivity index (χ0v) is 18.2. The van der Waals surface area contributed by atoms with Gasteiger partial charge in [0, 0.05) is 24.4 Å². The van der Waals surface area contributed by atoms with Gasteiger partial charge in [0.15, 0.2) is 5.96 Å². The van der Waals surface area contributed by atoms with Crippen molar-refractivity contribution in [3.8, 4) is 0 Å². The molecule has 2 N–H and O–H groups in total. The molecular weight excluding hydrogens is 366 g/mol. The number of likely N-dealkylation sites (tertiary alicyclic amines) is 1. The summed E-state index contributed by atoms with van der Waals surface area (Å²) in [4.78, 5) is 13.4. The fourth-order valence-electron chi connectivity index (χ4n) is 3.61. The predicted molar refractivity (Wildman–Crippen MR) is 119 cm³/mol. The Labute approximate surface area is 173 Å². The number of aliphatic imine (C=N–C) groups is 1. The van der Waals surface area contributed by atoms with Gasteiger partial charge in [0.25, 0.3) is 0 Å². The Kier molecular flexibility index (Phi) is 7.86. The quantitative estimate of drug-likeness (QED) is 0.525. The van der Waals surface area contributed by atoms with Crippen molar-refractivity contribution in [3.05, 3.63) is 51.5 Å². The summed E-state index contributed by atoms with van der Waals surface area (Å²) in [6, 6.07) is 11.1. The minimum atomic E-state index is 0.350. The second kappa shape index (κ2) is 10.6. The van der Waals surface area contributed by atoms with Gasteiger partial charge in [-0.1, -0.05) is 30.3 Å². The standard InChI is InChI=1S/C22H33N5S/c1-4-23-22(24-13-12-21-26-17(2)18(3)28-21)25-16-20(27-14-8-9-15-27)19-10-6-5-7-11-19/h5-7,10-11,20H,4,8-9,12-16H2,1-3H3,(H2,23,24,25). The Hall–Kier alpha value is -1.92. The molecule has 2 aromatic rings. The van der Waals surface area contributed by atoms with Crippen molar-refractivity contribution in [2.45, 2.75) is 46.1 Å². The molecule has 5 nitrogen and oxygen atoms in total. The molecule has 0 saturated carbocycles. The minimum Gasteiger partial charge on any atom is -0.357 e. The molecule has 1 fully saturated rings. The lowest BCUT2D eigenvalue weighted by Gasteiger charge is -2.27. The summed E-state index contributed by atoms with van der Waals surface area (Å²) in [5.41, 5.74) is 2.51. The second-order valence-electron chi connectivity index (χ2n) is 7.32. The van der Waals surface area contributed by atoms with Gasteiger partial charge in [-0.3, -0.25) is 9.89 Å². The van der Waals surface area contributed by atoms with Gasteiger partial charge in [-0.15, -0.1) is 11.3 Å². The number of nitrogens with one attached hydrogen (secondary N) is 2. The molecule has 152 valence electrons. The molecule has 0 spiro atoms. The third-order valence-corrected chi connectivity index (χ3v) is 6.37. The van der Waals surface area contributed by atoms with E-state index < -0.39 is 0 Å². The monoisotopic (exact) mass is 399 g/mol. The summed E-state index contributed by atoms with van der Waals surface area (Å²) in [6.45, 7) is 11.1. The lowest BCUT2D eigenvalue weighted by molar-refractivity contribution is 0.251. The smallest absolute Gasteiger partial charge is 0.191 e. The van der Waals surface area contributed by atoms with E-state index in [1.165, 1.54) is 41.4 Å². The van der Waals surface area contributed by atoms with Crippen molar-refractivity contribution in [1.82, 2.24) is 20.5 Å². The Balaban J connectivity index is 1.62. The van der Waals surface area contributed by atoms with Crippen LogP contribution in [0.4, 0.5) is 0 Å². The number of benzene rings is 1. The first kappa shape index (κ1) is 20.8. The van der Waals surface area contributed by atoms with Crippen LogP contribution >= 0.6 is 11.3 Å². The average molecular weight is 400 g/mol. The summed E-state index contributed by atoms with van der Waals surface area (Å²) in [6.07, 6.45) is 3.51. The summed E-state index contributed by atoms with van der Waals surface area (Å²) < 4.78 is 0. The molecule has 1 saturated heterocycles. The SMILES string of the molecule is CCNC(=NCC(c1ccccc1)N1CCCC1)NCCc1nc(C)c(C)s1. The van der Waals surface area contributed by atoms with Crippen molar-refractivity contribution in [2.24, 2.45) is 4.99 Å². The highest BCUT2D eigenvalue weighted by molar-refractivity contribution is 7.11. The minimum absolute atomic E-state index is 0.350. The van der Waals surface area contributed by atoms with E-state index in [2.05, 4.69) is 71.6 Å². The van der Waals surface area contributed by atoms with E-state index in [4.69, 9.17) is 4.99 Å². The largest absolute Gasteiger partial charge is 0.357 e. The lowest BCUT2D eigenvalue weighted by atomic mass is 10.1. The van der Waals surface area contributed by atoms with E-state index in [9.17, 15) is 0 Å². The normalized spacial score (nSPS) is 16.3. The van der Waals surface area contributed by atoms with Gasteiger partial charge >= 0.3 is 0 Å².